The van der Waals surface area contributed by atoms with Gasteiger partial charge >= 0.3 is 0 Å². The maximum atomic E-state index is 13.2. The van der Waals surface area contributed by atoms with Crippen LogP contribution in [0.1, 0.15) is 22.9 Å². The Labute approximate surface area is 145 Å². The molecule has 2 aromatic carbocycles. The van der Waals surface area contributed by atoms with Crippen molar-refractivity contribution in [1.82, 2.24) is 4.98 Å². The molecule has 126 valence electrons. The van der Waals surface area contributed by atoms with E-state index >= 15 is 0 Å². The predicted molar refractivity (Wildman–Crippen MR) is 95.4 cm³/mol. The molecule has 1 heterocycles. The van der Waals surface area contributed by atoms with Crippen molar-refractivity contribution in [1.29, 1.82) is 0 Å². The van der Waals surface area contributed by atoms with E-state index in [0.29, 0.717) is 5.69 Å². The van der Waals surface area contributed by atoms with Crippen molar-refractivity contribution in [3.05, 3.63) is 95.6 Å². The molecule has 0 aliphatic carbocycles. The standard InChI is InChI=1S/C20H18FN3O/c21-16-8-11-18(23-13-16)20(15-4-2-1-3-5-15)24-17-9-6-14(7-10-17)12-19(22)25/h1-11,13,20,24H,12H2,(H2,22,25)/t20-/m1/s1. The van der Waals surface area contributed by atoms with Crippen LogP contribution in [0.2, 0.25) is 0 Å². The van der Waals surface area contributed by atoms with Crippen molar-refractivity contribution in [2.24, 2.45) is 5.73 Å². The highest BCUT2D eigenvalue weighted by Gasteiger charge is 2.15. The number of primary amides is 1. The van der Waals surface area contributed by atoms with Crippen molar-refractivity contribution < 1.29 is 9.18 Å². The van der Waals surface area contributed by atoms with Gasteiger partial charge in [-0.2, -0.15) is 0 Å². The van der Waals surface area contributed by atoms with Crippen LogP contribution in [0.25, 0.3) is 0 Å². The Balaban J connectivity index is 1.87. The molecular formula is C20H18FN3O. The van der Waals surface area contributed by atoms with Gasteiger partial charge in [0.05, 0.1) is 24.4 Å². The summed E-state index contributed by atoms with van der Waals surface area (Å²) < 4.78 is 13.2. The highest BCUT2D eigenvalue weighted by molar-refractivity contribution is 5.76. The highest BCUT2D eigenvalue weighted by atomic mass is 19.1. The Bertz CT molecular complexity index is 833. The Morgan fingerprint density at radius 3 is 2.36 bits per heavy atom. The number of nitrogens with one attached hydrogen (secondary N) is 1. The third-order valence-electron chi connectivity index (χ3n) is 3.82. The fourth-order valence-electron chi connectivity index (χ4n) is 2.62. The molecule has 0 spiro atoms. The molecule has 0 saturated heterocycles. The minimum atomic E-state index is -0.369. The highest BCUT2D eigenvalue weighted by Crippen LogP contribution is 2.25. The number of nitrogens with zero attached hydrogens (tertiary/aromatic N) is 1. The van der Waals surface area contributed by atoms with Gasteiger partial charge in [0.1, 0.15) is 5.82 Å². The monoisotopic (exact) mass is 335 g/mol. The number of anilines is 1. The van der Waals surface area contributed by atoms with Gasteiger partial charge in [0.2, 0.25) is 5.91 Å². The number of pyridine rings is 1. The van der Waals surface area contributed by atoms with Gasteiger partial charge in [0.25, 0.3) is 0 Å². The lowest BCUT2D eigenvalue weighted by atomic mass is 10.0. The fraction of sp³-hybridized carbons (Fsp3) is 0.100. The molecule has 3 N–H and O–H groups in total. The van der Waals surface area contributed by atoms with Gasteiger partial charge in [-0.25, -0.2) is 4.39 Å². The van der Waals surface area contributed by atoms with Gasteiger partial charge in [-0.15, -0.1) is 0 Å². The molecule has 0 aliphatic rings. The lowest BCUT2D eigenvalue weighted by Gasteiger charge is -2.20. The van der Waals surface area contributed by atoms with Crippen molar-refractivity contribution in [2.75, 3.05) is 5.32 Å². The summed E-state index contributed by atoms with van der Waals surface area (Å²) in [6.45, 7) is 0. The molecule has 0 fully saturated rings. The first kappa shape index (κ1) is 16.6. The second-order valence-corrected chi connectivity index (χ2v) is 5.73. The van der Waals surface area contributed by atoms with Crippen LogP contribution in [0, 0.1) is 5.82 Å². The van der Waals surface area contributed by atoms with Crippen LogP contribution in [0.3, 0.4) is 0 Å². The number of rotatable bonds is 6. The predicted octanol–water partition coefficient (Wildman–Crippen LogP) is 3.45. The maximum absolute atomic E-state index is 13.2. The number of aromatic nitrogens is 1. The normalized spacial score (nSPS) is 11.7. The number of amides is 1. The SMILES string of the molecule is NC(=O)Cc1ccc(N[C@H](c2ccccc2)c2ccc(F)cn2)cc1. The minimum Gasteiger partial charge on any atom is -0.373 e. The largest absolute Gasteiger partial charge is 0.373 e. The number of benzene rings is 2. The van der Waals surface area contributed by atoms with Gasteiger partial charge in [0.15, 0.2) is 0 Å². The van der Waals surface area contributed by atoms with Gasteiger partial charge in [-0.3, -0.25) is 9.78 Å². The summed E-state index contributed by atoms with van der Waals surface area (Å²) in [5, 5.41) is 3.41. The van der Waals surface area contributed by atoms with E-state index < -0.39 is 0 Å². The summed E-state index contributed by atoms with van der Waals surface area (Å²) in [6, 6.07) is 20.1. The third-order valence-corrected chi connectivity index (χ3v) is 3.82. The van der Waals surface area contributed by atoms with Crippen LogP contribution < -0.4 is 11.1 Å². The summed E-state index contributed by atoms with van der Waals surface area (Å²) >= 11 is 0. The Morgan fingerprint density at radius 1 is 1.04 bits per heavy atom. The van der Waals surface area contributed by atoms with Crippen LogP contribution in [0.5, 0.6) is 0 Å². The Morgan fingerprint density at radius 2 is 1.76 bits per heavy atom. The third kappa shape index (κ3) is 4.41. The van der Waals surface area contributed by atoms with Crippen molar-refractivity contribution in [3.63, 3.8) is 0 Å². The average molecular weight is 335 g/mol. The smallest absolute Gasteiger partial charge is 0.221 e. The van der Waals surface area contributed by atoms with Gasteiger partial charge in [-0.05, 0) is 35.4 Å². The molecule has 0 aliphatic heterocycles. The van der Waals surface area contributed by atoms with E-state index in [9.17, 15) is 9.18 Å². The van der Waals surface area contributed by atoms with Crippen LogP contribution in [-0.2, 0) is 11.2 Å². The van der Waals surface area contributed by atoms with Gasteiger partial charge in [0, 0.05) is 5.69 Å². The van der Waals surface area contributed by atoms with Crippen molar-refractivity contribution in [2.45, 2.75) is 12.5 Å². The number of hydrogen-bond acceptors (Lipinski definition) is 3. The van der Waals surface area contributed by atoms with Gasteiger partial charge < -0.3 is 11.1 Å². The van der Waals surface area contributed by atoms with E-state index in [0.717, 1.165) is 16.8 Å². The number of carbonyl (C=O) groups is 1. The zero-order valence-electron chi connectivity index (χ0n) is 13.5. The first-order chi connectivity index (χ1) is 12.1. The molecule has 3 rings (SSSR count). The molecule has 0 unspecified atom stereocenters. The van der Waals surface area contributed by atoms with E-state index in [4.69, 9.17) is 5.73 Å². The molecule has 4 nitrogen and oxygen atoms in total. The van der Waals surface area contributed by atoms with E-state index in [2.05, 4.69) is 10.3 Å². The number of hydrogen-bond donors (Lipinski definition) is 2. The maximum Gasteiger partial charge on any atom is 0.221 e. The molecule has 1 atom stereocenters. The topological polar surface area (TPSA) is 68.0 Å². The molecule has 5 heteroatoms. The summed E-state index contributed by atoms with van der Waals surface area (Å²) in [5.74, 6) is -0.732. The van der Waals surface area contributed by atoms with Crippen LogP contribution in [-0.4, -0.2) is 10.9 Å². The van der Waals surface area contributed by atoms with E-state index in [-0.39, 0.29) is 24.2 Å². The lowest BCUT2D eigenvalue weighted by Crippen LogP contribution is -2.15. The fourth-order valence-corrected chi connectivity index (χ4v) is 2.62. The van der Waals surface area contributed by atoms with E-state index in [1.165, 1.54) is 12.3 Å². The Kier molecular flexibility index (Phi) is 5.04. The second-order valence-electron chi connectivity index (χ2n) is 5.73. The summed E-state index contributed by atoms with van der Waals surface area (Å²) in [5.41, 5.74) is 8.67. The lowest BCUT2D eigenvalue weighted by molar-refractivity contribution is -0.117. The molecule has 1 amide bonds. The Hall–Kier alpha value is -3.21. The van der Waals surface area contributed by atoms with Crippen molar-refractivity contribution in [3.8, 4) is 0 Å². The number of carbonyl (C=O) groups excluding carboxylic acids is 1. The molecule has 0 radical (unpaired) electrons. The van der Waals surface area contributed by atoms with E-state index in [1.54, 1.807) is 6.07 Å². The zero-order chi connectivity index (χ0) is 17.6. The van der Waals surface area contributed by atoms with Crippen LogP contribution in [0.4, 0.5) is 10.1 Å². The molecule has 0 bridgehead atoms. The summed E-state index contributed by atoms with van der Waals surface area (Å²) in [4.78, 5) is 15.2. The number of nitrogens with two attached hydrogens (primary N) is 1. The summed E-state index contributed by atoms with van der Waals surface area (Å²) in [6.07, 6.45) is 1.42. The molecule has 3 aromatic rings. The molecule has 1 aromatic heterocycles. The van der Waals surface area contributed by atoms with Crippen LogP contribution >= 0.6 is 0 Å². The van der Waals surface area contributed by atoms with Crippen molar-refractivity contribution >= 4 is 11.6 Å². The average Bonchev–Trinajstić information content (AvgIpc) is 2.62. The molecular weight excluding hydrogens is 317 g/mol. The molecule has 25 heavy (non-hydrogen) atoms. The molecule has 0 saturated carbocycles. The van der Waals surface area contributed by atoms with Gasteiger partial charge in [-0.1, -0.05) is 42.5 Å². The van der Waals surface area contributed by atoms with E-state index in [1.807, 2.05) is 54.6 Å². The first-order valence-corrected chi connectivity index (χ1v) is 7.92. The zero-order valence-corrected chi connectivity index (χ0v) is 13.5. The second kappa shape index (κ2) is 7.57. The summed E-state index contributed by atoms with van der Waals surface area (Å²) in [7, 11) is 0. The number of halogens is 1. The minimum absolute atomic E-state index is 0.210. The first-order valence-electron chi connectivity index (χ1n) is 7.92. The van der Waals surface area contributed by atoms with Crippen LogP contribution in [0.15, 0.2) is 72.9 Å². The quantitative estimate of drug-likeness (QED) is 0.725.